The molecule has 0 saturated heterocycles. The Morgan fingerprint density at radius 2 is 2.12 bits per heavy atom. The maximum absolute atomic E-state index is 12.0. The molecule has 1 saturated carbocycles. The lowest BCUT2D eigenvalue weighted by Gasteiger charge is -2.37. The van der Waals surface area contributed by atoms with E-state index in [1.54, 1.807) is 37.8 Å². The van der Waals surface area contributed by atoms with Crippen LogP contribution < -0.4 is 15.4 Å². The molecule has 0 spiro atoms. The summed E-state index contributed by atoms with van der Waals surface area (Å²) in [4.78, 5) is 29.0. The summed E-state index contributed by atoms with van der Waals surface area (Å²) in [6.07, 6.45) is 8.80. The monoisotopic (exact) mass is 476 g/mol. The van der Waals surface area contributed by atoms with Crippen LogP contribution in [0.3, 0.4) is 0 Å². The van der Waals surface area contributed by atoms with Gasteiger partial charge in [0.25, 0.3) is 5.91 Å². The zero-order chi connectivity index (χ0) is 22.8. The van der Waals surface area contributed by atoms with Crippen molar-refractivity contribution in [2.45, 2.75) is 30.0 Å². The van der Waals surface area contributed by atoms with Gasteiger partial charge in [0, 0.05) is 43.1 Å². The Kier molecular flexibility index (Phi) is 5.95. The number of nitriles is 1. The van der Waals surface area contributed by atoms with Gasteiger partial charge >= 0.3 is 0 Å². The fourth-order valence-corrected chi connectivity index (χ4v) is 5.32. The molecule has 1 aliphatic rings. The summed E-state index contributed by atoms with van der Waals surface area (Å²) in [6.45, 7) is 0. The zero-order valence-electron chi connectivity index (χ0n) is 17.6. The summed E-state index contributed by atoms with van der Waals surface area (Å²) in [5, 5.41) is 17.9. The Bertz CT molecular complexity index is 1350. The molecule has 4 aromatic heterocycles. The number of carbonyl (C=O) groups is 1. The van der Waals surface area contributed by atoms with Crippen LogP contribution in [-0.2, 0) is 0 Å². The van der Waals surface area contributed by atoms with Crippen LogP contribution in [0.4, 0.5) is 5.69 Å². The fourth-order valence-electron chi connectivity index (χ4n) is 3.67. The first-order chi connectivity index (χ1) is 16.1. The third kappa shape index (κ3) is 4.41. The molecule has 0 aromatic carbocycles. The van der Waals surface area contributed by atoms with Gasteiger partial charge in [-0.1, -0.05) is 0 Å². The minimum atomic E-state index is -0.149. The van der Waals surface area contributed by atoms with E-state index in [1.165, 1.54) is 23.3 Å². The number of amides is 1. The van der Waals surface area contributed by atoms with Crippen LogP contribution in [0.15, 0.2) is 48.0 Å². The van der Waals surface area contributed by atoms with Crippen molar-refractivity contribution < 1.29 is 4.79 Å². The number of fused-ring (bicyclic) bond motifs is 1. The van der Waals surface area contributed by atoms with Gasteiger partial charge in [-0.05, 0) is 43.0 Å². The number of anilines is 1. The summed E-state index contributed by atoms with van der Waals surface area (Å²) in [5.41, 5.74) is 3.26. The Morgan fingerprint density at radius 3 is 2.94 bits per heavy atom. The zero-order valence-corrected chi connectivity index (χ0v) is 19.3. The average Bonchev–Trinajstić information content (AvgIpc) is 3.50. The first-order valence-electron chi connectivity index (χ1n) is 10.3. The van der Waals surface area contributed by atoms with E-state index in [0.717, 1.165) is 45.2 Å². The Labute approximate surface area is 198 Å². The maximum Gasteiger partial charge on any atom is 0.262 e. The molecule has 0 unspecified atom stereocenters. The molecule has 0 aliphatic heterocycles. The van der Waals surface area contributed by atoms with Gasteiger partial charge in [0.15, 0.2) is 0 Å². The number of aromatic nitrogens is 4. The number of pyridine rings is 2. The number of aromatic amines is 1. The van der Waals surface area contributed by atoms with Crippen LogP contribution in [-0.4, -0.2) is 45.0 Å². The van der Waals surface area contributed by atoms with Crippen molar-refractivity contribution in [1.29, 1.82) is 5.26 Å². The molecule has 9 nitrogen and oxygen atoms in total. The lowest BCUT2D eigenvalue weighted by atomic mass is 9.87. The molecule has 1 amide bonds. The van der Waals surface area contributed by atoms with Crippen molar-refractivity contribution in [3.05, 3.63) is 53.4 Å². The highest BCUT2D eigenvalue weighted by Gasteiger charge is 2.30. The van der Waals surface area contributed by atoms with Gasteiger partial charge in [0.05, 0.1) is 29.1 Å². The van der Waals surface area contributed by atoms with Gasteiger partial charge in [-0.2, -0.15) is 5.26 Å². The highest BCUT2D eigenvalue weighted by Crippen LogP contribution is 2.38. The first kappa shape index (κ1) is 21.4. The predicted molar refractivity (Wildman–Crippen MR) is 129 cm³/mol. The van der Waals surface area contributed by atoms with E-state index in [9.17, 15) is 4.79 Å². The topological polar surface area (TPSA) is 131 Å². The SMILES string of the molecule is CNC(=O)c1cnc(-c2cnc3[nH]ccc3c2NC2CC(NSc3cc(C#N)ccn3)C2)s1. The summed E-state index contributed by atoms with van der Waals surface area (Å²) in [5.74, 6) is -0.149. The van der Waals surface area contributed by atoms with E-state index in [-0.39, 0.29) is 5.91 Å². The van der Waals surface area contributed by atoms with Gasteiger partial charge < -0.3 is 15.6 Å². The van der Waals surface area contributed by atoms with E-state index in [0.29, 0.717) is 22.5 Å². The summed E-state index contributed by atoms with van der Waals surface area (Å²) < 4.78 is 3.43. The number of nitrogens with one attached hydrogen (secondary N) is 4. The van der Waals surface area contributed by atoms with E-state index in [4.69, 9.17) is 5.26 Å². The molecule has 11 heteroatoms. The Balaban J connectivity index is 1.29. The molecule has 1 aliphatic carbocycles. The summed E-state index contributed by atoms with van der Waals surface area (Å²) in [7, 11) is 1.61. The van der Waals surface area contributed by atoms with Gasteiger partial charge in [-0.15, -0.1) is 11.3 Å². The van der Waals surface area contributed by atoms with Gasteiger partial charge in [0.1, 0.15) is 20.6 Å². The van der Waals surface area contributed by atoms with Crippen molar-refractivity contribution in [3.8, 4) is 16.6 Å². The van der Waals surface area contributed by atoms with Gasteiger partial charge in [-0.25, -0.2) is 15.0 Å². The van der Waals surface area contributed by atoms with Crippen LogP contribution in [0.25, 0.3) is 21.6 Å². The van der Waals surface area contributed by atoms with E-state index in [2.05, 4.69) is 41.4 Å². The molecule has 33 heavy (non-hydrogen) atoms. The fraction of sp³-hybridized carbons (Fsp3) is 0.227. The van der Waals surface area contributed by atoms with E-state index >= 15 is 0 Å². The van der Waals surface area contributed by atoms with E-state index < -0.39 is 0 Å². The highest BCUT2D eigenvalue weighted by atomic mass is 32.2. The normalized spacial score (nSPS) is 17.3. The third-order valence-electron chi connectivity index (χ3n) is 5.45. The summed E-state index contributed by atoms with van der Waals surface area (Å²) in [6, 6.07) is 8.24. The van der Waals surface area contributed by atoms with Crippen LogP contribution in [0.2, 0.25) is 0 Å². The average molecular weight is 477 g/mol. The molecule has 5 rings (SSSR count). The predicted octanol–water partition coefficient (Wildman–Crippen LogP) is 3.55. The Hall–Kier alpha value is -3.46. The second kappa shape index (κ2) is 9.19. The minimum Gasteiger partial charge on any atom is -0.381 e. The number of thiazole rings is 1. The molecular formula is C22H20N8OS2. The Morgan fingerprint density at radius 1 is 1.24 bits per heavy atom. The number of nitrogens with zero attached hydrogens (tertiary/aromatic N) is 4. The quantitative estimate of drug-likeness (QED) is 0.298. The van der Waals surface area contributed by atoms with E-state index in [1.807, 2.05) is 12.3 Å². The molecule has 0 atom stereocenters. The molecule has 4 N–H and O–H groups in total. The standard InChI is InChI=1S/C22H20N8OS2/c1-24-21(31)17-11-28-22(32-17)16-10-27-20-15(3-5-26-20)19(16)29-13-7-14(8-13)30-33-18-6-12(9-23)2-4-25-18/h2-6,10-11,13-14,30H,7-8H2,1H3,(H,24,31)(H2,26,27,29). The number of rotatable bonds is 7. The third-order valence-corrected chi connectivity index (χ3v) is 7.37. The number of H-pyrrole nitrogens is 1. The maximum atomic E-state index is 12.0. The summed E-state index contributed by atoms with van der Waals surface area (Å²) >= 11 is 2.80. The van der Waals surface area contributed by atoms with Crippen LogP contribution in [0, 0.1) is 11.3 Å². The van der Waals surface area contributed by atoms with Crippen LogP contribution in [0.5, 0.6) is 0 Å². The molecule has 0 radical (unpaired) electrons. The second-order valence-electron chi connectivity index (χ2n) is 7.62. The van der Waals surface area contributed by atoms with Gasteiger partial charge in [0.2, 0.25) is 0 Å². The lowest BCUT2D eigenvalue weighted by molar-refractivity contribution is 0.0967. The van der Waals surface area contributed by atoms with Crippen molar-refractivity contribution in [3.63, 3.8) is 0 Å². The first-order valence-corrected chi connectivity index (χ1v) is 12.0. The van der Waals surface area contributed by atoms with Crippen molar-refractivity contribution in [2.75, 3.05) is 12.4 Å². The van der Waals surface area contributed by atoms with Crippen LogP contribution in [0.1, 0.15) is 28.1 Å². The van der Waals surface area contributed by atoms with Crippen LogP contribution >= 0.6 is 23.3 Å². The molecule has 1 fully saturated rings. The van der Waals surface area contributed by atoms with Crippen molar-refractivity contribution in [1.82, 2.24) is 30.0 Å². The molecule has 0 bridgehead atoms. The molecule has 4 aromatic rings. The highest BCUT2D eigenvalue weighted by molar-refractivity contribution is 7.97. The smallest absolute Gasteiger partial charge is 0.262 e. The lowest BCUT2D eigenvalue weighted by Crippen LogP contribution is -2.45. The molecular weight excluding hydrogens is 456 g/mol. The van der Waals surface area contributed by atoms with Crippen molar-refractivity contribution >= 4 is 45.9 Å². The van der Waals surface area contributed by atoms with Gasteiger partial charge in [-0.3, -0.25) is 9.52 Å². The minimum absolute atomic E-state index is 0.149. The molecule has 4 heterocycles. The second-order valence-corrected chi connectivity index (χ2v) is 9.51. The number of hydrogen-bond donors (Lipinski definition) is 4. The molecule has 166 valence electrons. The number of hydrogen-bond acceptors (Lipinski definition) is 9. The largest absolute Gasteiger partial charge is 0.381 e. The van der Waals surface area contributed by atoms with Crippen molar-refractivity contribution in [2.24, 2.45) is 0 Å². The number of carbonyl (C=O) groups excluding carboxylic acids is 1.